The third-order valence-electron chi connectivity index (χ3n) is 3.14. The standard InChI is InChI=1S/C16H15NO2S/c1-11(17-16(18)13-6-7-20-10-13)8-14-9-12-4-2-3-5-15(12)19-14/h2-7,9-11H,8H2,1H3,(H,17,18)/t11-/m1/s1. The fourth-order valence-corrected chi connectivity index (χ4v) is 2.83. The van der Waals surface area contributed by atoms with E-state index >= 15 is 0 Å². The van der Waals surface area contributed by atoms with Crippen molar-refractivity contribution in [2.24, 2.45) is 0 Å². The highest BCUT2D eigenvalue weighted by atomic mass is 32.1. The lowest BCUT2D eigenvalue weighted by Gasteiger charge is -2.11. The first-order chi connectivity index (χ1) is 9.72. The third-order valence-corrected chi connectivity index (χ3v) is 3.83. The van der Waals surface area contributed by atoms with Gasteiger partial charge in [0, 0.05) is 28.8 Å². The molecule has 102 valence electrons. The van der Waals surface area contributed by atoms with Crippen molar-refractivity contribution in [2.75, 3.05) is 0 Å². The van der Waals surface area contributed by atoms with E-state index < -0.39 is 0 Å². The molecular weight excluding hydrogens is 270 g/mol. The third kappa shape index (κ3) is 2.75. The van der Waals surface area contributed by atoms with Gasteiger partial charge in [-0.1, -0.05) is 18.2 Å². The summed E-state index contributed by atoms with van der Waals surface area (Å²) < 4.78 is 5.76. The first-order valence-electron chi connectivity index (χ1n) is 6.53. The molecule has 0 saturated carbocycles. The Kier molecular flexibility index (Phi) is 3.56. The molecule has 0 aliphatic rings. The molecule has 0 bridgehead atoms. The zero-order valence-corrected chi connectivity index (χ0v) is 11.9. The maximum atomic E-state index is 11.9. The van der Waals surface area contributed by atoms with Gasteiger partial charge in [-0.25, -0.2) is 0 Å². The monoisotopic (exact) mass is 285 g/mol. The Bertz CT molecular complexity index is 682. The zero-order chi connectivity index (χ0) is 13.9. The van der Waals surface area contributed by atoms with Gasteiger partial charge in [-0.2, -0.15) is 11.3 Å². The molecule has 2 heterocycles. The Morgan fingerprint density at radius 3 is 2.95 bits per heavy atom. The molecule has 1 N–H and O–H groups in total. The Labute approximate surface area is 121 Å². The molecule has 3 aromatic rings. The van der Waals surface area contributed by atoms with Gasteiger partial charge in [-0.15, -0.1) is 0 Å². The number of fused-ring (bicyclic) bond motifs is 1. The lowest BCUT2D eigenvalue weighted by Crippen LogP contribution is -2.33. The van der Waals surface area contributed by atoms with Crippen LogP contribution in [0.1, 0.15) is 23.0 Å². The van der Waals surface area contributed by atoms with Crippen LogP contribution in [0.5, 0.6) is 0 Å². The van der Waals surface area contributed by atoms with E-state index in [4.69, 9.17) is 4.42 Å². The van der Waals surface area contributed by atoms with Crippen molar-refractivity contribution in [3.8, 4) is 0 Å². The summed E-state index contributed by atoms with van der Waals surface area (Å²) in [4.78, 5) is 11.9. The molecule has 3 nitrogen and oxygen atoms in total. The largest absolute Gasteiger partial charge is 0.461 e. The number of carbonyl (C=O) groups excluding carboxylic acids is 1. The Morgan fingerprint density at radius 2 is 2.20 bits per heavy atom. The summed E-state index contributed by atoms with van der Waals surface area (Å²) in [6, 6.07) is 11.8. The van der Waals surface area contributed by atoms with Crippen LogP contribution in [-0.2, 0) is 6.42 Å². The Balaban J connectivity index is 1.66. The van der Waals surface area contributed by atoms with E-state index in [2.05, 4.69) is 5.32 Å². The maximum absolute atomic E-state index is 11.9. The number of nitrogens with one attached hydrogen (secondary N) is 1. The predicted molar refractivity (Wildman–Crippen MR) is 81.2 cm³/mol. The molecule has 1 aromatic carbocycles. The second-order valence-electron chi connectivity index (χ2n) is 4.84. The molecule has 20 heavy (non-hydrogen) atoms. The topological polar surface area (TPSA) is 42.2 Å². The maximum Gasteiger partial charge on any atom is 0.252 e. The number of hydrogen-bond donors (Lipinski definition) is 1. The van der Waals surface area contributed by atoms with Crippen LogP contribution in [0.25, 0.3) is 11.0 Å². The van der Waals surface area contributed by atoms with Gasteiger partial charge in [-0.05, 0) is 30.5 Å². The number of hydrogen-bond acceptors (Lipinski definition) is 3. The van der Waals surface area contributed by atoms with Crippen molar-refractivity contribution < 1.29 is 9.21 Å². The molecule has 0 saturated heterocycles. The fourth-order valence-electron chi connectivity index (χ4n) is 2.19. The number of amides is 1. The van der Waals surface area contributed by atoms with Crippen molar-refractivity contribution in [1.29, 1.82) is 0 Å². The van der Waals surface area contributed by atoms with E-state index in [1.54, 1.807) is 0 Å². The molecular formula is C16H15NO2S. The Morgan fingerprint density at radius 1 is 1.35 bits per heavy atom. The van der Waals surface area contributed by atoms with Crippen molar-refractivity contribution in [3.05, 3.63) is 58.5 Å². The number of benzene rings is 1. The van der Waals surface area contributed by atoms with Crippen molar-refractivity contribution in [2.45, 2.75) is 19.4 Å². The van der Waals surface area contributed by atoms with Crippen LogP contribution in [0.15, 0.2) is 51.6 Å². The van der Waals surface area contributed by atoms with Crippen LogP contribution < -0.4 is 5.32 Å². The van der Waals surface area contributed by atoms with Crippen LogP contribution >= 0.6 is 11.3 Å². The van der Waals surface area contributed by atoms with E-state index in [9.17, 15) is 4.79 Å². The fraction of sp³-hybridized carbons (Fsp3) is 0.188. The van der Waals surface area contributed by atoms with Crippen LogP contribution in [0, 0.1) is 0 Å². The molecule has 0 aliphatic carbocycles. The van der Waals surface area contributed by atoms with Crippen LogP contribution in [-0.4, -0.2) is 11.9 Å². The van der Waals surface area contributed by atoms with Gasteiger partial charge in [0.2, 0.25) is 0 Å². The zero-order valence-electron chi connectivity index (χ0n) is 11.1. The molecule has 0 unspecified atom stereocenters. The predicted octanol–water partition coefficient (Wildman–Crippen LogP) is 3.86. The number of para-hydroxylation sites is 1. The van der Waals surface area contributed by atoms with E-state index in [0.29, 0.717) is 12.0 Å². The van der Waals surface area contributed by atoms with Crippen molar-refractivity contribution in [1.82, 2.24) is 5.32 Å². The van der Waals surface area contributed by atoms with E-state index in [0.717, 1.165) is 16.7 Å². The lowest BCUT2D eigenvalue weighted by atomic mass is 10.1. The minimum atomic E-state index is -0.0325. The molecule has 0 spiro atoms. The van der Waals surface area contributed by atoms with E-state index in [-0.39, 0.29) is 11.9 Å². The highest BCUT2D eigenvalue weighted by Crippen LogP contribution is 2.19. The van der Waals surface area contributed by atoms with Crippen molar-refractivity contribution >= 4 is 28.2 Å². The summed E-state index contributed by atoms with van der Waals surface area (Å²) in [5.74, 6) is 0.860. The van der Waals surface area contributed by atoms with E-state index in [1.807, 2.05) is 54.1 Å². The number of rotatable bonds is 4. The van der Waals surface area contributed by atoms with E-state index in [1.165, 1.54) is 11.3 Å². The molecule has 0 radical (unpaired) electrons. The lowest BCUT2D eigenvalue weighted by molar-refractivity contribution is 0.0940. The highest BCUT2D eigenvalue weighted by Gasteiger charge is 2.12. The molecule has 1 amide bonds. The SMILES string of the molecule is C[C@H](Cc1cc2ccccc2o1)NC(=O)c1ccsc1. The van der Waals surface area contributed by atoms with Crippen LogP contribution in [0.2, 0.25) is 0 Å². The minimum Gasteiger partial charge on any atom is -0.461 e. The van der Waals surface area contributed by atoms with Gasteiger partial charge < -0.3 is 9.73 Å². The van der Waals surface area contributed by atoms with Gasteiger partial charge in [-0.3, -0.25) is 4.79 Å². The summed E-state index contributed by atoms with van der Waals surface area (Å²) in [7, 11) is 0. The molecule has 0 fully saturated rings. The minimum absolute atomic E-state index is 0.0305. The first-order valence-corrected chi connectivity index (χ1v) is 7.47. The van der Waals surface area contributed by atoms with Crippen molar-refractivity contribution in [3.63, 3.8) is 0 Å². The van der Waals surface area contributed by atoms with Crippen LogP contribution in [0.3, 0.4) is 0 Å². The number of furan rings is 1. The highest BCUT2D eigenvalue weighted by molar-refractivity contribution is 7.08. The Hall–Kier alpha value is -2.07. The normalized spacial score (nSPS) is 12.4. The number of carbonyl (C=O) groups is 1. The smallest absolute Gasteiger partial charge is 0.252 e. The second-order valence-corrected chi connectivity index (χ2v) is 5.62. The summed E-state index contributed by atoms with van der Waals surface area (Å²) in [5, 5.41) is 7.83. The first kappa shape index (κ1) is 12.9. The molecule has 3 rings (SSSR count). The average molecular weight is 285 g/mol. The van der Waals surface area contributed by atoms with Gasteiger partial charge in [0.25, 0.3) is 5.91 Å². The van der Waals surface area contributed by atoms with Gasteiger partial charge in [0.1, 0.15) is 11.3 Å². The summed E-state index contributed by atoms with van der Waals surface area (Å²) in [5.41, 5.74) is 1.60. The molecule has 4 heteroatoms. The van der Waals surface area contributed by atoms with Gasteiger partial charge >= 0.3 is 0 Å². The van der Waals surface area contributed by atoms with Crippen LogP contribution in [0.4, 0.5) is 0 Å². The average Bonchev–Trinajstić information content (AvgIpc) is 3.07. The number of thiophene rings is 1. The summed E-state index contributed by atoms with van der Waals surface area (Å²) in [6.07, 6.45) is 0.685. The molecule has 2 aromatic heterocycles. The van der Waals surface area contributed by atoms with Gasteiger partial charge in [0.15, 0.2) is 0 Å². The summed E-state index contributed by atoms with van der Waals surface area (Å²) in [6.45, 7) is 1.98. The molecule has 1 atom stereocenters. The second kappa shape index (κ2) is 5.51. The summed E-state index contributed by atoms with van der Waals surface area (Å²) >= 11 is 1.52. The quantitative estimate of drug-likeness (QED) is 0.791. The van der Waals surface area contributed by atoms with Gasteiger partial charge in [0.05, 0.1) is 0 Å². The molecule has 0 aliphatic heterocycles.